The van der Waals surface area contributed by atoms with Gasteiger partial charge in [-0.25, -0.2) is 4.79 Å². The molecule has 7 nitrogen and oxygen atoms in total. The average Bonchev–Trinajstić information content (AvgIpc) is 3.27. The summed E-state index contributed by atoms with van der Waals surface area (Å²) in [4.78, 5) is 24.8. The Hall–Kier alpha value is -2.26. The molecule has 40 heavy (non-hydrogen) atoms. The van der Waals surface area contributed by atoms with E-state index in [1.54, 1.807) is 0 Å². The van der Waals surface area contributed by atoms with E-state index < -0.39 is 8.32 Å². The van der Waals surface area contributed by atoms with Gasteiger partial charge in [0.2, 0.25) is 0 Å². The van der Waals surface area contributed by atoms with Crippen molar-refractivity contribution >= 4 is 14.3 Å². The minimum atomic E-state index is -2.01. The lowest BCUT2D eigenvalue weighted by Gasteiger charge is -2.42. The number of aromatic nitrogens is 1. The summed E-state index contributed by atoms with van der Waals surface area (Å²) in [5.74, 6) is 0.595. The molecule has 1 unspecified atom stereocenters. The lowest BCUT2D eigenvalue weighted by Crippen LogP contribution is -2.51. The highest BCUT2D eigenvalue weighted by Crippen LogP contribution is 2.38. The van der Waals surface area contributed by atoms with E-state index >= 15 is 0 Å². The Morgan fingerprint density at radius 3 is 2.42 bits per heavy atom. The molecule has 3 aliphatic rings. The molecule has 0 radical (unpaired) electrons. The van der Waals surface area contributed by atoms with Gasteiger partial charge < -0.3 is 19.5 Å². The van der Waals surface area contributed by atoms with Gasteiger partial charge in [0.15, 0.2) is 8.32 Å². The zero-order valence-corrected chi connectivity index (χ0v) is 26.3. The van der Waals surface area contributed by atoms with Crippen LogP contribution in [0.5, 0.6) is 0 Å². The van der Waals surface area contributed by atoms with Crippen LogP contribution in [-0.4, -0.2) is 85.9 Å². The van der Waals surface area contributed by atoms with E-state index in [-0.39, 0.29) is 17.2 Å². The number of urea groups is 1. The van der Waals surface area contributed by atoms with Crippen LogP contribution in [0.2, 0.25) is 18.1 Å². The maximum atomic E-state index is 13.5. The van der Waals surface area contributed by atoms with Crippen molar-refractivity contribution in [3.05, 3.63) is 65.0 Å². The lowest BCUT2D eigenvalue weighted by atomic mass is 9.91. The summed E-state index contributed by atoms with van der Waals surface area (Å²) < 4.78 is 7.00. The van der Waals surface area contributed by atoms with Gasteiger partial charge in [0, 0.05) is 45.5 Å². The molecule has 1 aromatic carbocycles. The highest BCUT2D eigenvalue weighted by Gasteiger charge is 2.41. The summed E-state index contributed by atoms with van der Waals surface area (Å²) in [6, 6.07) is 13.2. The summed E-state index contributed by atoms with van der Waals surface area (Å²) in [5.41, 5.74) is 5.17. The number of carbonyl (C=O) groups excluding carboxylic acids is 1. The fourth-order valence-corrected chi connectivity index (χ4v) is 7.38. The van der Waals surface area contributed by atoms with E-state index in [1.807, 2.05) is 16.0 Å². The Labute approximate surface area is 242 Å². The molecule has 1 atom stereocenters. The fraction of sp³-hybridized carbons (Fsp3) is 0.625. The van der Waals surface area contributed by atoms with Gasteiger partial charge in [-0.05, 0) is 79.2 Å². The van der Waals surface area contributed by atoms with Crippen LogP contribution in [-0.2, 0) is 23.9 Å². The van der Waals surface area contributed by atoms with Crippen LogP contribution in [0, 0.1) is 0 Å². The SMILES string of the molecule is CC(C)(C)[Si](C)(C)OC(CN1CCc2ccccc2C1)CN1CCN(Cc2ccc(C3CCNCC3)cn2)C1=O. The molecule has 5 rings (SSSR count). The smallest absolute Gasteiger partial charge is 0.320 e. The Kier molecular flexibility index (Phi) is 9.00. The molecule has 218 valence electrons. The number of fused-ring (bicyclic) bond motifs is 1. The minimum Gasteiger partial charge on any atom is -0.411 e. The number of nitrogens with zero attached hydrogens (tertiary/aromatic N) is 4. The van der Waals surface area contributed by atoms with E-state index in [2.05, 4.69) is 80.5 Å². The maximum absolute atomic E-state index is 13.5. The third-order valence-corrected chi connectivity index (χ3v) is 14.1. The Morgan fingerprint density at radius 1 is 1.00 bits per heavy atom. The summed E-state index contributed by atoms with van der Waals surface area (Å²) in [6.45, 7) is 19.2. The van der Waals surface area contributed by atoms with Crippen molar-refractivity contribution in [3.63, 3.8) is 0 Å². The van der Waals surface area contributed by atoms with Gasteiger partial charge in [-0.3, -0.25) is 9.88 Å². The molecule has 2 amide bonds. The third kappa shape index (κ3) is 6.96. The number of nitrogens with one attached hydrogen (secondary N) is 1. The molecule has 2 fully saturated rings. The molecule has 0 bridgehead atoms. The van der Waals surface area contributed by atoms with Gasteiger partial charge in [0.05, 0.1) is 18.3 Å². The molecule has 2 aromatic rings. The van der Waals surface area contributed by atoms with E-state index in [9.17, 15) is 4.79 Å². The predicted octanol–water partition coefficient (Wildman–Crippen LogP) is 5.23. The van der Waals surface area contributed by atoms with E-state index in [0.29, 0.717) is 19.0 Å². The number of hydrogen-bond acceptors (Lipinski definition) is 5. The van der Waals surface area contributed by atoms with Gasteiger partial charge >= 0.3 is 6.03 Å². The first-order valence-electron chi connectivity index (χ1n) is 15.3. The Balaban J connectivity index is 1.22. The van der Waals surface area contributed by atoms with Crippen molar-refractivity contribution in [3.8, 4) is 0 Å². The number of pyridine rings is 1. The van der Waals surface area contributed by atoms with Gasteiger partial charge in [0.25, 0.3) is 0 Å². The number of piperidine rings is 1. The minimum absolute atomic E-state index is 0.00237. The normalized spacial score (nSPS) is 20.2. The summed E-state index contributed by atoms with van der Waals surface area (Å²) in [7, 11) is -2.01. The highest BCUT2D eigenvalue weighted by molar-refractivity contribution is 6.74. The standard InChI is InChI=1S/C32H49N5O2Si/c1-32(2,3)40(4,5)39-30(23-35-17-14-25-8-6-7-9-28(25)21-35)24-37-19-18-36(31(37)38)22-29-11-10-27(20-34-29)26-12-15-33-16-13-26/h6-11,20,26,30,33H,12-19,21-24H2,1-5H3. The number of amides is 2. The Bertz CT molecular complexity index is 1140. The number of benzene rings is 1. The van der Waals surface area contributed by atoms with Crippen molar-refractivity contribution in [2.45, 2.75) is 83.3 Å². The summed E-state index contributed by atoms with van der Waals surface area (Å²) in [6.07, 6.45) is 5.44. The van der Waals surface area contributed by atoms with Gasteiger partial charge in [0.1, 0.15) is 0 Å². The van der Waals surface area contributed by atoms with Crippen LogP contribution < -0.4 is 5.32 Å². The molecule has 8 heteroatoms. The van der Waals surface area contributed by atoms with Gasteiger partial charge in [-0.1, -0.05) is 51.1 Å². The molecule has 1 N–H and O–H groups in total. The van der Waals surface area contributed by atoms with Crippen LogP contribution in [0.4, 0.5) is 4.79 Å². The van der Waals surface area contributed by atoms with Crippen molar-refractivity contribution < 1.29 is 9.22 Å². The molecule has 1 aromatic heterocycles. The topological polar surface area (TPSA) is 60.9 Å². The lowest BCUT2D eigenvalue weighted by molar-refractivity contribution is 0.0878. The molecule has 2 saturated heterocycles. The van der Waals surface area contributed by atoms with E-state index in [1.165, 1.54) is 29.5 Å². The van der Waals surface area contributed by atoms with E-state index in [0.717, 1.165) is 57.9 Å². The van der Waals surface area contributed by atoms with E-state index in [4.69, 9.17) is 9.41 Å². The zero-order chi connectivity index (χ0) is 28.3. The second-order valence-electron chi connectivity index (χ2n) is 13.5. The average molecular weight is 564 g/mol. The fourth-order valence-electron chi connectivity index (χ4n) is 6.04. The molecular weight excluding hydrogens is 514 g/mol. The van der Waals surface area contributed by atoms with Crippen LogP contribution in [0.15, 0.2) is 42.6 Å². The second kappa shape index (κ2) is 12.3. The molecule has 0 spiro atoms. The van der Waals surface area contributed by atoms with Gasteiger partial charge in [-0.2, -0.15) is 0 Å². The van der Waals surface area contributed by atoms with Gasteiger partial charge in [-0.15, -0.1) is 0 Å². The number of rotatable bonds is 9. The second-order valence-corrected chi connectivity index (χ2v) is 18.3. The third-order valence-electron chi connectivity index (χ3n) is 9.55. The van der Waals surface area contributed by atoms with Crippen LogP contribution >= 0.6 is 0 Å². The van der Waals surface area contributed by atoms with Crippen LogP contribution in [0.1, 0.15) is 61.9 Å². The largest absolute Gasteiger partial charge is 0.411 e. The first-order valence-corrected chi connectivity index (χ1v) is 18.2. The molecule has 0 saturated carbocycles. The summed E-state index contributed by atoms with van der Waals surface area (Å²) >= 11 is 0. The monoisotopic (exact) mass is 563 g/mol. The summed E-state index contributed by atoms with van der Waals surface area (Å²) in [5, 5.41) is 3.55. The van der Waals surface area contributed by atoms with Crippen molar-refractivity contribution in [2.75, 3.05) is 45.8 Å². The number of carbonyl (C=O) groups is 1. The van der Waals surface area contributed by atoms with Crippen LogP contribution in [0.3, 0.4) is 0 Å². The molecule has 3 aliphatic heterocycles. The molecule has 4 heterocycles. The van der Waals surface area contributed by atoms with Crippen LogP contribution in [0.25, 0.3) is 0 Å². The number of hydrogen-bond donors (Lipinski definition) is 1. The first kappa shape index (κ1) is 29.2. The Morgan fingerprint density at radius 2 is 1.73 bits per heavy atom. The maximum Gasteiger partial charge on any atom is 0.320 e. The van der Waals surface area contributed by atoms with Crippen molar-refractivity contribution in [1.82, 2.24) is 25.0 Å². The van der Waals surface area contributed by atoms with Crippen molar-refractivity contribution in [2.24, 2.45) is 0 Å². The molecular formula is C32H49N5O2Si. The highest BCUT2D eigenvalue weighted by atomic mass is 28.4. The first-order chi connectivity index (χ1) is 19.1. The quantitative estimate of drug-likeness (QED) is 0.423. The molecule has 0 aliphatic carbocycles. The zero-order valence-electron chi connectivity index (χ0n) is 25.3. The predicted molar refractivity (Wildman–Crippen MR) is 164 cm³/mol. The van der Waals surface area contributed by atoms with Crippen molar-refractivity contribution in [1.29, 1.82) is 0 Å².